The van der Waals surface area contributed by atoms with E-state index in [1.54, 1.807) is 0 Å². The Bertz CT molecular complexity index is 1120. The summed E-state index contributed by atoms with van der Waals surface area (Å²) in [6, 6.07) is 12.6. The van der Waals surface area contributed by atoms with E-state index in [1.807, 2.05) is 28.9 Å². The number of rotatable bonds is 5. The van der Waals surface area contributed by atoms with Gasteiger partial charge in [0.05, 0.1) is 28.4 Å². The van der Waals surface area contributed by atoms with Crippen LogP contribution in [0.2, 0.25) is 0 Å². The number of fused-ring (bicyclic) bond motifs is 1. The molecule has 7 nitrogen and oxygen atoms in total. The molecular weight excluding hydrogens is 400 g/mol. The van der Waals surface area contributed by atoms with E-state index in [1.165, 1.54) is 0 Å². The quantitative estimate of drug-likeness (QED) is 0.579. The Morgan fingerprint density at radius 2 is 1.84 bits per heavy atom. The smallest absolute Gasteiger partial charge is 0.252 e. The molecule has 4 heterocycles. The predicted octanol–water partition coefficient (Wildman–Crippen LogP) is 3.20. The van der Waals surface area contributed by atoms with Gasteiger partial charge in [-0.05, 0) is 76.4 Å². The van der Waals surface area contributed by atoms with Crippen LogP contribution in [-0.4, -0.2) is 46.3 Å². The van der Waals surface area contributed by atoms with Gasteiger partial charge in [0.2, 0.25) is 0 Å². The van der Waals surface area contributed by atoms with Crippen molar-refractivity contribution in [1.29, 1.82) is 0 Å². The predicted molar refractivity (Wildman–Crippen MR) is 124 cm³/mol. The highest BCUT2D eigenvalue weighted by molar-refractivity contribution is 6.07. The molecule has 1 saturated carbocycles. The number of amides is 1. The highest BCUT2D eigenvalue weighted by atomic mass is 16.1. The van der Waals surface area contributed by atoms with Crippen molar-refractivity contribution in [3.63, 3.8) is 0 Å². The maximum atomic E-state index is 13.6. The summed E-state index contributed by atoms with van der Waals surface area (Å²) < 4.78 is 1.94. The zero-order valence-corrected chi connectivity index (χ0v) is 18.3. The number of carbonyl (C=O) groups excluding carboxylic acids is 1. The highest BCUT2D eigenvalue weighted by Gasteiger charge is 2.32. The zero-order chi connectivity index (χ0) is 21.5. The zero-order valence-electron chi connectivity index (χ0n) is 18.3. The fourth-order valence-electron chi connectivity index (χ4n) is 5.07. The normalized spacial score (nSPS) is 21.8. The molecule has 3 fully saturated rings. The molecule has 3 aromatic rings. The number of nitrogens with zero attached hydrogens (tertiary/aromatic N) is 3. The Hall–Kier alpha value is -2.77. The van der Waals surface area contributed by atoms with Gasteiger partial charge in [0.1, 0.15) is 0 Å². The molecule has 3 N–H and O–H groups in total. The third-order valence-electron chi connectivity index (χ3n) is 6.99. The van der Waals surface area contributed by atoms with Gasteiger partial charge >= 0.3 is 0 Å². The van der Waals surface area contributed by atoms with Crippen molar-refractivity contribution in [2.45, 2.75) is 56.5 Å². The second-order valence-electron chi connectivity index (χ2n) is 9.35. The van der Waals surface area contributed by atoms with E-state index < -0.39 is 0 Å². The lowest BCUT2D eigenvalue weighted by atomic mass is 10.0. The first-order chi connectivity index (χ1) is 15.8. The molecule has 2 aromatic heterocycles. The summed E-state index contributed by atoms with van der Waals surface area (Å²) in [5.41, 5.74) is 4.50. The molecule has 1 aliphatic carbocycles. The second-order valence-corrected chi connectivity index (χ2v) is 9.35. The highest BCUT2D eigenvalue weighted by Crippen LogP contribution is 2.41. The van der Waals surface area contributed by atoms with E-state index in [9.17, 15) is 4.79 Å². The number of benzene rings is 1. The van der Waals surface area contributed by atoms with Gasteiger partial charge in [-0.25, -0.2) is 9.67 Å². The monoisotopic (exact) mass is 430 g/mol. The molecule has 166 valence electrons. The molecule has 6 rings (SSSR count). The Balaban J connectivity index is 1.52. The van der Waals surface area contributed by atoms with Crippen LogP contribution in [0.3, 0.4) is 0 Å². The number of piperidine rings is 1. The lowest BCUT2D eigenvalue weighted by molar-refractivity contribution is 0.0931. The fourth-order valence-corrected chi connectivity index (χ4v) is 5.07. The molecule has 7 heteroatoms. The molecule has 3 aliphatic rings. The SMILES string of the molecule is O=C(NC1CCNCC1)c1cc(C2CC2)nc2c1c(C1CCCN1)nn2-c1ccccc1. The minimum Gasteiger partial charge on any atom is -0.349 e. The van der Waals surface area contributed by atoms with E-state index in [4.69, 9.17) is 10.1 Å². The molecular formula is C25H30N6O. The minimum atomic E-state index is 0.0121. The van der Waals surface area contributed by atoms with Crippen LogP contribution in [0.1, 0.15) is 72.2 Å². The molecule has 0 bridgehead atoms. The molecule has 0 spiro atoms. The Labute approximate surface area is 188 Å². The summed E-state index contributed by atoms with van der Waals surface area (Å²) in [6.45, 7) is 2.88. The summed E-state index contributed by atoms with van der Waals surface area (Å²) in [4.78, 5) is 18.7. The second kappa shape index (κ2) is 8.30. The van der Waals surface area contributed by atoms with Gasteiger partial charge in [0.25, 0.3) is 5.91 Å². The lowest BCUT2D eigenvalue weighted by Crippen LogP contribution is -2.42. The summed E-state index contributed by atoms with van der Waals surface area (Å²) >= 11 is 0. The first-order valence-corrected chi connectivity index (χ1v) is 12.0. The van der Waals surface area contributed by atoms with Crippen LogP contribution < -0.4 is 16.0 Å². The maximum Gasteiger partial charge on any atom is 0.252 e. The minimum absolute atomic E-state index is 0.0121. The summed E-state index contributed by atoms with van der Waals surface area (Å²) in [7, 11) is 0. The fraction of sp³-hybridized carbons (Fsp3) is 0.480. The largest absolute Gasteiger partial charge is 0.349 e. The van der Waals surface area contributed by atoms with Gasteiger partial charge in [-0.15, -0.1) is 0 Å². The van der Waals surface area contributed by atoms with Crippen LogP contribution in [0.5, 0.6) is 0 Å². The van der Waals surface area contributed by atoms with Crippen LogP contribution in [0, 0.1) is 0 Å². The standard InChI is InChI=1S/C25H30N6O/c32-25(28-17-10-13-26-14-11-17)19-15-21(16-8-9-16)29-24-22(19)23(20-7-4-12-27-20)30-31(24)18-5-2-1-3-6-18/h1-3,5-6,15-17,20,26-27H,4,7-14H2,(H,28,32). The van der Waals surface area contributed by atoms with Crippen LogP contribution in [0.15, 0.2) is 36.4 Å². The number of hydrogen-bond donors (Lipinski definition) is 3. The number of pyridine rings is 1. The van der Waals surface area contributed by atoms with Crippen LogP contribution >= 0.6 is 0 Å². The number of nitrogens with one attached hydrogen (secondary N) is 3. The first-order valence-electron chi connectivity index (χ1n) is 12.0. The third-order valence-corrected chi connectivity index (χ3v) is 6.99. The topological polar surface area (TPSA) is 83.9 Å². The average molecular weight is 431 g/mol. The van der Waals surface area contributed by atoms with Gasteiger partial charge < -0.3 is 16.0 Å². The third kappa shape index (κ3) is 3.69. The van der Waals surface area contributed by atoms with Crippen LogP contribution in [0.25, 0.3) is 16.7 Å². The van der Waals surface area contributed by atoms with Crippen molar-refractivity contribution >= 4 is 16.9 Å². The van der Waals surface area contributed by atoms with Gasteiger partial charge in [0, 0.05) is 17.7 Å². The van der Waals surface area contributed by atoms with Crippen molar-refractivity contribution < 1.29 is 4.79 Å². The molecule has 1 unspecified atom stereocenters. The average Bonchev–Trinajstić information content (AvgIpc) is 3.40. The molecule has 1 aromatic carbocycles. The van der Waals surface area contributed by atoms with Crippen molar-refractivity contribution in [3.8, 4) is 5.69 Å². The van der Waals surface area contributed by atoms with Gasteiger partial charge in [-0.1, -0.05) is 18.2 Å². The number of carbonyl (C=O) groups is 1. The Kier molecular flexibility index (Phi) is 5.15. The maximum absolute atomic E-state index is 13.6. The molecule has 1 amide bonds. The Morgan fingerprint density at radius 3 is 2.56 bits per heavy atom. The molecule has 1 atom stereocenters. The summed E-state index contributed by atoms with van der Waals surface area (Å²) in [5.74, 6) is 0.468. The van der Waals surface area contributed by atoms with Gasteiger partial charge in [0.15, 0.2) is 5.65 Å². The molecule has 2 saturated heterocycles. The number of aromatic nitrogens is 3. The van der Waals surface area contributed by atoms with Crippen molar-refractivity contribution in [2.24, 2.45) is 0 Å². The van der Waals surface area contributed by atoms with Crippen molar-refractivity contribution in [2.75, 3.05) is 19.6 Å². The summed E-state index contributed by atoms with van der Waals surface area (Å²) in [6.07, 6.45) is 6.37. The van der Waals surface area contributed by atoms with Crippen LogP contribution in [0.4, 0.5) is 0 Å². The van der Waals surface area contributed by atoms with Crippen LogP contribution in [-0.2, 0) is 0 Å². The summed E-state index contributed by atoms with van der Waals surface area (Å²) in [5, 5.41) is 16.2. The van der Waals surface area contributed by atoms with E-state index in [0.717, 1.165) is 91.8 Å². The van der Waals surface area contributed by atoms with Crippen molar-refractivity contribution in [1.82, 2.24) is 30.7 Å². The molecule has 32 heavy (non-hydrogen) atoms. The van der Waals surface area contributed by atoms with Gasteiger partial charge in [-0.2, -0.15) is 5.10 Å². The van der Waals surface area contributed by atoms with E-state index >= 15 is 0 Å². The number of para-hydroxylation sites is 1. The number of hydrogen-bond acceptors (Lipinski definition) is 5. The Morgan fingerprint density at radius 1 is 1.03 bits per heavy atom. The van der Waals surface area contributed by atoms with Crippen molar-refractivity contribution in [3.05, 3.63) is 53.3 Å². The van der Waals surface area contributed by atoms with E-state index in [0.29, 0.717) is 5.92 Å². The molecule has 0 radical (unpaired) electrons. The van der Waals surface area contributed by atoms with E-state index in [2.05, 4.69) is 28.1 Å². The van der Waals surface area contributed by atoms with E-state index in [-0.39, 0.29) is 18.0 Å². The first kappa shape index (κ1) is 19.9. The lowest BCUT2D eigenvalue weighted by Gasteiger charge is -2.24. The molecule has 2 aliphatic heterocycles. The van der Waals surface area contributed by atoms with Gasteiger partial charge in [-0.3, -0.25) is 4.79 Å².